The highest BCUT2D eigenvalue weighted by atomic mass is 19.3. The van der Waals surface area contributed by atoms with Crippen molar-refractivity contribution in [2.24, 2.45) is 0 Å². The van der Waals surface area contributed by atoms with Crippen LogP contribution < -0.4 is 20.3 Å². The topological polar surface area (TPSA) is 92.9 Å². The lowest BCUT2D eigenvalue weighted by Gasteiger charge is -2.47. The molecule has 5 heterocycles. The Morgan fingerprint density at radius 1 is 1.06 bits per heavy atom. The van der Waals surface area contributed by atoms with Crippen molar-refractivity contribution in [1.82, 2.24) is 19.9 Å². The molecule has 1 atom stereocenters. The Hall–Kier alpha value is -2.86. The summed E-state index contributed by atoms with van der Waals surface area (Å²) in [5.41, 5.74) is 6.63. The van der Waals surface area contributed by atoms with E-state index in [0.29, 0.717) is 42.0 Å². The van der Waals surface area contributed by atoms with Crippen molar-refractivity contribution in [3.05, 3.63) is 18.3 Å². The summed E-state index contributed by atoms with van der Waals surface area (Å²) in [6.45, 7) is 2.63. The molecule has 2 N–H and O–H groups in total. The predicted molar refractivity (Wildman–Crippen MR) is 116 cm³/mol. The van der Waals surface area contributed by atoms with Crippen LogP contribution >= 0.6 is 0 Å². The van der Waals surface area contributed by atoms with Crippen molar-refractivity contribution in [3.8, 4) is 17.0 Å². The fraction of sp³-hybridized carbons (Fsp3) is 0.571. The molecule has 0 spiro atoms. The van der Waals surface area contributed by atoms with Crippen LogP contribution in [0, 0.1) is 0 Å². The Morgan fingerprint density at radius 3 is 2.55 bits per heavy atom. The maximum absolute atomic E-state index is 13.9. The van der Waals surface area contributed by atoms with Crippen LogP contribution in [0.2, 0.25) is 0 Å². The molecule has 3 saturated heterocycles. The highest BCUT2D eigenvalue weighted by Crippen LogP contribution is 2.32. The van der Waals surface area contributed by atoms with Gasteiger partial charge in [-0.25, -0.2) is 14.4 Å². The molecular weight excluding hydrogens is 439 g/mol. The molecule has 0 saturated carbocycles. The second kappa shape index (κ2) is 9.18. The highest BCUT2D eigenvalue weighted by Gasteiger charge is 2.34. The number of nitrogens with two attached hydrogens (primary N) is 1. The first-order valence-electron chi connectivity index (χ1n) is 11.0. The number of hydrogen-bond acceptors (Lipinski definition) is 9. The molecule has 9 nitrogen and oxygen atoms in total. The summed E-state index contributed by atoms with van der Waals surface area (Å²) in [6, 6.07) is 3.60. The first-order valence-corrected chi connectivity index (χ1v) is 11.0. The van der Waals surface area contributed by atoms with Gasteiger partial charge in [0.05, 0.1) is 25.5 Å². The number of ether oxygens (including phenoxy) is 2. The van der Waals surface area contributed by atoms with Crippen LogP contribution in [0.15, 0.2) is 18.3 Å². The molecule has 2 aromatic rings. The fourth-order valence-corrected chi connectivity index (χ4v) is 4.37. The number of aromatic nitrogens is 3. The van der Waals surface area contributed by atoms with E-state index in [9.17, 15) is 13.2 Å². The second-order valence-corrected chi connectivity index (χ2v) is 8.44. The zero-order valence-corrected chi connectivity index (χ0v) is 18.0. The second-order valence-electron chi connectivity index (χ2n) is 8.44. The Morgan fingerprint density at radius 2 is 1.85 bits per heavy atom. The summed E-state index contributed by atoms with van der Waals surface area (Å²) in [5, 5.41) is 0. The van der Waals surface area contributed by atoms with Crippen LogP contribution in [0.4, 0.5) is 30.8 Å². The SMILES string of the molecule is Nc1ncc(-c2cc(N3CC(N4CCOCC4)C3)nc(N3CC[C@@H](F)C3)n2)cc1OC(F)F. The first kappa shape index (κ1) is 22.0. The minimum Gasteiger partial charge on any atom is -0.431 e. The minimum absolute atomic E-state index is 0.135. The Bertz CT molecular complexity index is 986. The largest absolute Gasteiger partial charge is 0.431 e. The maximum Gasteiger partial charge on any atom is 0.387 e. The van der Waals surface area contributed by atoms with Crippen LogP contribution in [-0.2, 0) is 4.74 Å². The zero-order chi connectivity index (χ0) is 22.9. The summed E-state index contributed by atoms with van der Waals surface area (Å²) in [5.74, 6) is 0.760. The summed E-state index contributed by atoms with van der Waals surface area (Å²) < 4.78 is 49.3. The fourth-order valence-electron chi connectivity index (χ4n) is 4.37. The maximum atomic E-state index is 13.9. The number of nitrogens with zero attached hydrogens (tertiary/aromatic N) is 6. The number of alkyl halides is 3. The van der Waals surface area contributed by atoms with Gasteiger partial charge < -0.3 is 25.0 Å². The molecule has 3 fully saturated rings. The summed E-state index contributed by atoms with van der Waals surface area (Å²) in [6.07, 6.45) is 0.944. The summed E-state index contributed by atoms with van der Waals surface area (Å²) in [7, 11) is 0. The summed E-state index contributed by atoms with van der Waals surface area (Å²) in [4.78, 5) is 19.6. The van der Waals surface area contributed by atoms with Crippen LogP contribution in [0.3, 0.4) is 0 Å². The van der Waals surface area contributed by atoms with E-state index in [-0.39, 0.29) is 18.1 Å². The van der Waals surface area contributed by atoms with Crippen molar-refractivity contribution in [1.29, 1.82) is 0 Å². The highest BCUT2D eigenvalue weighted by molar-refractivity contribution is 5.68. The van der Waals surface area contributed by atoms with E-state index in [1.54, 1.807) is 11.0 Å². The van der Waals surface area contributed by atoms with Gasteiger partial charge in [0.1, 0.15) is 12.0 Å². The molecule has 12 heteroatoms. The molecule has 3 aliphatic rings. The molecule has 0 aliphatic carbocycles. The van der Waals surface area contributed by atoms with E-state index in [4.69, 9.17) is 15.5 Å². The smallest absolute Gasteiger partial charge is 0.387 e. The molecule has 3 aliphatic heterocycles. The normalized spacial score (nSPS) is 22.1. The standard InChI is InChI=1S/C21H26F3N7O2/c22-14-1-2-30(10-14)21-27-16(13-7-17(33-20(23)24)19(25)26-9-13)8-18(28-21)31-11-15(12-31)29-3-5-32-6-4-29/h7-9,14-15,20H,1-6,10-12H2,(H2,25,26)/t14-/m1/s1. The quantitative estimate of drug-likeness (QED) is 0.685. The average molecular weight is 465 g/mol. The van der Waals surface area contributed by atoms with E-state index in [2.05, 4.69) is 24.5 Å². The zero-order valence-electron chi connectivity index (χ0n) is 18.0. The molecule has 0 unspecified atom stereocenters. The van der Waals surface area contributed by atoms with Gasteiger partial charge in [0.15, 0.2) is 11.6 Å². The first-order chi connectivity index (χ1) is 16.0. The third-order valence-electron chi connectivity index (χ3n) is 6.26. The van der Waals surface area contributed by atoms with Crippen LogP contribution in [0.1, 0.15) is 6.42 Å². The van der Waals surface area contributed by atoms with Crippen molar-refractivity contribution in [3.63, 3.8) is 0 Å². The molecule has 0 amide bonds. The van der Waals surface area contributed by atoms with Crippen molar-refractivity contribution in [2.75, 3.05) is 68.0 Å². The number of halogens is 3. The van der Waals surface area contributed by atoms with Crippen LogP contribution in [0.5, 0.6) is 5.75 Å². The van der Waals surface area contributed by atoms with Crippen LogP contribution in [-0.4, -0.2) is 91.2 Å². The van der Waals surface area contributed by atoms with Crippen molar-refractivity contribution in [2.45, 2.75) is 25.2 Å². The van der Waals surface area contributed by atoms with E-state index >= 15 is 0 Å². The van der Waals surface area contributed by atoms with Gasteiger partial charge in [0.2, 0.25) is 5.95 Å². The molecule has 178 valence electrons. The number of morpholine rings is 1. The number of hydrogen-bond donors (Lipinski definition) is 1. The Balaban J connectivity index is 1.43. The van der Waals surface area contributed by atoms with Gasteiger partial charge in [0.25, 0.3) is 0 Å². The van der Waals surface area contributed by atoms with Crippen molar-refractivity contribution >= 4 is 17.6 Å². The average Bonchev–Trinajstić information content (AvgIpc) is 3.21. The van der Waals surface area contributed by atoms with Gasteiger partial charge in [0, 0.05) is 56.6 Å². The molecule has 33 heavy (non-hydrogen) atoms. The van der Waals surface area contributed by atoms with Crippen LogP contribution in [0.25, 0.3) is 11.3 Å². The van der Waals surface area contributed by atoms with E-state index < -0.39 is 12.8 Å². The van der Waals surface area contributed by atoms with Gasteiger partial charge in [-0.2, -0.15) is 13.8 Å². The molecular formula is C21H26F3N7O2. The van der Waals surface area contributed by atoms with E-state index in [1.807, 2.05) is 0 Å². The lowest BCUT2D eigenvalue weighted by atomic mass is 10.1. The third kappa shape index (κ3) is 4.76. The lowest BCUT2D eigenvalue weighted by molar-refractivity contribution is -0.0494. The van der Waals surface area contributed by atoms with E-state index in [1.165, 1.54) is 12.3 Å². The predicted octanol–water partition coefficient (Wildman–Crippen LogP) is 1.79. The van der Waals surface area contributed by atoms with Gasteiger partial charge in [-0.05, 0) is 12.5 Å². The minimum atomic E-state index is -3.02. The monoisotopic (exact) mass is 465 g/mol. The molecule has 0 radical (unpaired) electrons. The van der Waals surface area contributed by atoms with Gasteiger partial charge in [-0.15, -0.1) is 0 Å². The third-order valence-corrected chi connectivity index (χ3v) is 6.26. The van der Waals surface area contributed by atoms with Gasteiger partial charge in [-0.3, -0.25) is 4.90 Å². The number of anilines is 3. The molecule has 0 aromatic carbocycles. The lowest BCUT2D eigenvalue weighted by Crippen LogP contribution is -2.61. The van der Waals surface area contributed by atoms with Crippen molar-refractivity contribution < 1.29 is 22.6 Å². The molecule has 0 bridgehead atoms. The Kier molecular flexibility index (Phi) is 6.11. The Labute approximate surface area is 189 Å². The number of rotatable bonds is 6. The number of nitrogen functional groups attached to an aromatic ring is 1. The number of pyridine rings is 1. The van der Waals surface area contributed by atoms with E-state index in [0.717, 1.165) is 39.4 Å². The summed E-state index contributed by atoms with van der Waals surface area (Å²) >= 11 is 0. The van der Waals surface area contributed by atoms with Gasteiger partial charge >= 0.3 is 6.61 Å². The van der Waals surface area contributed by atoms with Gasteiger partial charge in [-0.1, -0.05) is 0 Å². The molecule has 5 rings (SSSR count). The molecule has 2 aromatic heterocycles.